The predicted molar refractivity (Wildman–Crippen MR) is 57.8 cm³/mol. The zero-order chi connectivity index (χ0) is 11.3. The maximum absolute atomic E-state index is 11.4. The molecule has 0 N–H and O–H groups in total. The van der Waals surface area contributed by atoms with Crippen LogP contribution in [0.1, 0.15) is 27.2 Å². The summed E-state index contributed by atoms with van der Waals surface area (Å²) < 4.78 is 4.77. The van der Waals surface area contributed by atoms with Crippen molar-refractivity contribution in [3.8, 4) is 0 Å². The Labute approximate surface area is 91.2 Å². The van der Waals surface area contributed by atoms with Crippen LogP contribution in [0, 0.1) is 0 Å². The summed E-state index contributed by atoms with van der Waals surface area (Å²) in [6.07, 6.45) is 0.948. The van der Waals surface area contributed by atoms with Crippen LogP contribution in [0.3, 0.4) is 0 Å². The van der Waals surface area contributed by atoms with E-state index in [1.807, 2.05) is 4.90 Å². The van der Waals surface area contributed by atoms with Gasteiger partial charge in [0.15, 0.2) is 0 Å². The number of amides is 1. The van der Waals surface area contributed by atoms with Crippen molar-refractivity contribution < 1.29 is 9.53 Å². The summed E-state index contributed by atoms with van der Waals surface area (Å²) in [4.78, 5) is 15.7. The second kappa shape index (κ2) is 3.11. The van der Waals surface area contributed by atoms with Gasteiger partial charge in [0.1, 0.15) is 0 Å². The van der Waals surface area contributed by atoms with Crippen molar-refractivity contribution in [2.24, 2.45) is 0 Å². The Kier molecular flexibility index (Phi) is 2.23. The standard InChI is InChI=1S/C11H20N2O2/c1-10(2,3)12-7-11(8-12)5-6-13(11)9(14)15-4/h5-8H2,1-4H3. The van der Waals surface area contributed by atoms with E-state index in [0.717, 1.165) is 26.1 Å². The number of likely N-dealkylation sites (tertiary alicyclic amines) is 2. The van der Waals surface area contributed by atoms with Gasteiger partial charge >= 0.3 is 6.09 Å². The SMILES string of the molecule is COC(=O)N1CCC12CN(C(C)(C)C)C2. The summed E-state index contributed by atoms with van der Waals surface area (Å²) in [5, 5.41) is 0. The van der Waals surface area contributed by atoms with Gasteiger partial charge in [0, 0.05) is 25.2 Å². The maximum atomic E-state index is 11.4. The lowest BCUT2D eigenvalue weighted by molar-refractivity contribution is -0.135. The molecule has 2 aliphatic rings. The first-order valence-corrected chi connectivity index (χ1v) is 5.50. The van der Waals surface area contributed by atoms with Gasteiger partial charge in [-0.15, -0.1) is 0 Å². The van der Waals surface area contributed by atoms with Gasteiger partial charge in [-0.25, -0.2) is 4.79 Å². The van der Waals surface area contributed by atoms with Crippen LogP contribution in [0.15, 0.2) is 0 Å². The third-order valence-corrected chi connectivity index (χ3v) is 3.69. The molecule has 4 heteroatoms. The van der Waals surface area contributed by atoms with Crippen molar-refractivity contribution in [3.63, 3.8) is 0 Å². The molecule has 2 rings (SSSR count). The summed E-state index contributed by atoms with van der Waals surface area (Å²) in [7, 11) is 1.45. The van der Waals surface area contributed by atoms with E-state index in [2.05, 4.69) is 25.7 Å². The molecule has 0 unspecified atom stereocenters. The van der Waals surface area contributed by atoms with E-state index in [9.17, 15) is 4.79 Å². The highest BCUT2D eigenvalue weighted by atomic mass is 16.5. The quantitative estimate of drug-likeness (QED) is 0.607. The Morgan fingerprint density at radius 2 is 1.93 bits per heavy atom. The normalized spacial score (nSPS) is 24.7. The summed E-state index contributed by atoms with van der Waals surface area (Å²) in [5.74, 6) is 0. The molecule has 2 heterocycles. The highest BCUT2D eigenvalue weighted by molar-refractivity contribution is 5.70. The molecule has 2 aliphatic heterocycles. The van der Waals surface area contributed by atoms with Gasteiger partial charge in [0.25, 0.3) is 0 Å². The van der Waals surface area contributed by atoms with Crippen molar-refractivity contribution in [1.29, 1.82) is 0 Å². The largest absolute Gasteiger partial charge is 0.453 e. The van der Waals surface area contributed by atoms with Crippen LogP contribution in [0.5, 0.6) is 0 Å². The van der Waals surface area contributed by atoms with Crippen LogP contribution in [0.4, 0.5) is 4.79 Å². The number of carbonyl (C=O) groups is 1. The van der Waals surface area contributed by atoms with E-state index in [4.69, 9.17) is 4.74 Å². The summed E-state index contributed by atoms with van der Waals surface area (Å²) in [6.45, 7) is 9.46. The molecule has 1 amide bonds. The van der Waals surface area contributed by atoms with Gasteiger partial charge < -0.3 is 4.74 Å². The molecule has 0 radical (unpaired) electrons. The second-order valence-corrected chi connectivity index (χ2v) is 5.62. The third kappa shape index (κ3) is 1.51. The van der Waals surface area contributed by atoms with Crippen molar-refractivity contribution in [2.75, 3.05) is 26.7 Å². The lowest BCUT2D eigenvalue weighted by Crippen LogP contribution is -2.79. The summed E-state index contributed by atoms with van der Waals surface area (Å²) in [6, 6.07) is 0. The fourth-order valence-corrected chi connectivity index (χ4v) is 2.40. The van der Waals surface area contributed by atoms with Crippen LogP contribution < -0.4 is 0 Å². The third-order valence-electron chi connectivity index (χ3n) is 3.69. The fourth-order valence-electron chi connectivity index (χ4n) is 2.40. The first-order chi connectivity index (χ1) is 6.89. The van der Waals surface area contributed by atoms with E-state index in [1.165, 1.54) is 7.11 Å². The van der Waals surface area contributed by atoms with Crippen LogP contribution >= 0.6 is 0 Å². The smallest absolute Gasteiger partial charge is 0.410 e. The zero-order valence-corrected chi connectivity index (χ0v) is 10.0. The molecule has 0 saturated carbocycles. The molecule has 2 saturated heterocycles. The lowest BCUT2D eigenvalue weighted by atomic mass is 9.75. The van der Waals surface area contributed by atoms with Crippen LogP contribution in [0.25, 0.3) is 0 Å². The van der Waals surface area contributed by atoms with Gasteiger partial charge in [-0.2, -0.15) is 0 Å². The topological polar surface area (TPSA) is 32.8 Å². The number of hydrogen-bond acceptors (Lipinski definition) is 3. The van der Waals surface area contributed by atoms with E-state index in [-0.39, 0.29) is 17.2 Å². The van der Waals surface area contributed by atoms with E-state index >= 15 is 0 Å². The van der Waals surface area contributed by atoms with Crippen molar-refractivity contribution in [3.05, 3.63) is 0 Å². The minimum absolute atomic E-state index is 0.0976. The molecule has 0 aromatic carbocycles. The van der Waals surface area contributed by atoms with Gasteiger partial charge in [-0.1, -0.05) is 0 Å². The predicted octanol–water partition coefficient (Wildman–Crippen LogP) is 1.31. The molecule has 0 aromatic heterocycles. The Morgan fingerprint density at radius 3 is 2.27 bits per heavy atom. The minimum Gasteiger partial charge on any atom is -0.453 e. The van der Waals surface area contributed by atoms with E-state index in [0.29, 0.717) is 0 Å². The van der Waals surface area contributed by atoms with Crippen molar-refractivity contribution in [2.45, 2.75) is 38.3 Å². The molecule has 2 fully saturated rings. The molecular formula is C11H20N2O2. The number of hydrogen-bond donors (Lipinski definition) is 0. The van der Waals surface area contributed by atoms with Crippen LogP contribution in [-0.2, 0) is 4.74 Å². The number of methoxy groups -OCH3 is 1. The zero-order valence-electron chi connectivity index (χ0n) is 10.0. The first kappa shape index (κ1) is 10.7. The van der Waals surface area contributed by atoms with Crippen LogP contribution in [0.2, 0.25) is 0 Å². The monoisotopic (exact) mass is 212 g/mol. The molecule has 1 spiro atoms. The Morgan fingerprint density at radius 1 is 1.33 bits per heavy atom. The molecule has 0 atom stereocenters. The lowest BCUT2D eigenvalue weighted by Gasteiger charge is -2.64. The number of nitrogens with zero attached hydrogens (tertiary/aromatic N) is 2. The van der Waals surface area contributed by atoms with Gasteiger partial charge in [-0.05, 0) is 27.2 Å². The molecule has 4 nitrogen and oxygen atoms in total. The van der Waals surface area contributed by atoms with Gasteiger partial charge in [0.05, 0.1) is 12.6 Å². The molecule has 0 aromatic rings. The van der Waals surface area contributed by atoms with Gasteiger partial charge in [-0.3, -0.25) is 9.80 Å². The van der Waals surface area contributed by atoms with Crippen molar-refractivity contribution >= 4 is 6.09 Å². The number of rotatable bonds is 0. The summed E-state index contributed by atoms with van der Waals surface area (Å²) in [5.41, 5.74) is 0.309. The van der Waals surface area contributed by atoms with Crippen molar-refractivity contribution in [1.82, 2.24) is 9.80 Å². The van der Waals surface area contributed by atoms with Gasteiger partial charge in [0.2, 0.25) is 0 Å². The fraction of sp³-hybridized carbons (Fsp3) is 0.909. The number of ether oxygens (including phenoxy) is 1. The van der Waals surface area contributed by atoms with Crippen LogP contribution in [-0.4, -0.2) is 53.7 Å². The highest BCUT2D eigenvalue weighted by Gasteiger charge is 2.57. The molecule has 15 heavy (non-hydrogen) atoms. The molecule has 0 bridgehead atoms. The first-order valence-electron chi connectivity index (χ1n) is 5.50. The summed E-state index contributed by atoms with van der Waals surface area (Å²) >= 11 is 0. The van der Waals surface area contributed by atoms with E-state index in [1.54, 1.807) is 0 Å². The Balaban J connectivity index is 1.95. The Bertz CT molecular complexity index is 277. The maximum Gasteiger partial charge on any atom is 0.410 e. The Hall–Kier alpha value is -0.770. The molecular weight excluding hydrogens is 192 g/mol. The molecule has 86 valence electrons. The van der Waals surface area contributed by atoms with E-state index < -0.39 is 0 Å². The highest BCUT2D eigenvalue weighted by Crippen LogP contribution is 2.42. The molecule has 0 aliphatic carbocycles. The average molecular weight is 212 g/mol. The number of carbonyl (C=O) groups excluding carboxylic acids is 1. The minimum atomic E-state index is -0.171. The average Bonchev–Trinajstić information content (AvgIpc) is 1.96. The second-order valence-electron chi connectivity index (χ2n) is 5.62.